The van der Waals surface area contributed by atoms with Gasteiger partial charge in [-0.15, -0.1) is 0 Å². The molecular formula is C10H20N2OS. The third kappa shape index (κ3) is 2.42. The van der Waals surface area contributed by atoms with Crippen LogP contribution < -0.4 is 5.32 Å². The molecule has 2 atom stereocenters. The third-order valence-corrected chi connectivity index (χ3v) is 3.49. The summed E-state index contributed by atoms with van der Waals surface area (Å²) >= 11 is 1.81. The summed E-state index contributed by atoms with van der Waals surface area (Å²) in [6.07, 6.45) is 4.03. The summed E-state index contributed by atoms with van der Waals surface area (Å²) in [5, 5.41) is 3.25. The maximum atomic E-state index is 11.9. The number of carbonyl (C=O) groups excluding carboxylic acids is 1. The second-order valence-corrected chi connectivity index (χ2v) is 4.56. The number of nitrogens with one attached hydrogen (secondary N) is 1. The molecule has 82 valence electrons. The van der Waals surface area contributed by atoms with E-state index in [1.165, 1.54) is 0 Å². The Morgan fingerprint density at radius 2 is 2.36 bits per heavy atom. The first-order valence-electron chi connectivity index (χ1n) is 5.27. The van der Waals surface area contributed by atoms with Crippen molar-refractivity contribution in [3.05, 3.63) is 0 Å². The predicted molar refractivity (Wildman–Crippen MR) is 61.4 cm³/mol. The molecule has 0 radical (unpaired) electrons. The van der Waals surface area contributed by atoms with Crippen LogP contribution in [0, 0.1) is 0 Å². The van der Waals surface area contributed by atoms with Gasteiger partial charge in [0.05, 0.1) is 12.7 Å². The Kier molecular flexibility index (Phi) is 4.75. The highest BCUT2D eigenvalue weighted by molar-refractivity contribution is 7.98. The molecule has 1 amide bonds. The quantitative estimate of drug-likeness (QED) is 0.752. The Hall–Kier alpha value is -0.220. The minimum absolute atomic E-state index is 0.0610. The van der Waals surface area contributed by atoms with E-state index in [0.717, 1.165) is 25.3 Å². The van der Waals surface area contributed by atoms with Gasteiger partial charge in [-0.05, 0) is 19.1 Å². The van der Waals surface area contributed by atoms with E-state index < -0.39 is 0 Å². The number of carbonyl (C=O) groups is 1. The molecule has 4 heteroatoms. The largest absolute Gasteiger partial charge is 0.325 e. The topological polar surface area (TPSA) is 32.3 Å². The molecule has 0 saturated carbocycles. The first kappa shape index (κ1) is 11.9. The SMILES string of the molecule is CCC1NCN(C(CC)CSC)C1=O. The van der Waals surface area contributed by atoms with Gasteiger partial charge in [-0.2, -0.15) is 11.8 Å². The Labute approximate surface area is 90.6 Å². The number of amides is 1. The molecule has 0 aromatic rings. The molecule has 0 bridgehead atoms. The minimum atomic E-state index is 0.0610. The van der Waals surface area contributed by atoms with E-state index in [4.69, 9.17) is 0 Å². The molecule has 1 N–H and O–H groups in total. The van der Waals surface area contributed by atoms with Crippen LogP contribution in [0.15, 0.2) is 0 Å². The number of hydrogen-bond acceptors (Lipinski definition) is 3. The van der Waals surface area contributed by atoms with Crippen LogP contribution in [-0.2, 0) is 4.79 Å². The molecule has 14 heavy (non-hydrogen) atoms. The highest BCUT2D eigenvalue weighted by atomic mass is 32.2. The van der Waals surface area contributed by atoms with Gasteiger partial charge in [-0.3, -0.25) is 10.1 Å². The maximum Gasteiger partial charge on any atom is 0.241 e. The fourth-order valence-corrected chi connectivity index (χ4v) is 2.62. The first-order chi connectivity index (χ1) is 6.74. The van der Waals surface area contributed by atoms with Gasteiger partial charge in [0.15, 0.2) is 0 Å². The normalized spacial score (nSPS) is 24.4. The van der Waals surface area contributed by atoms with Crippen LogP contribution in [0.2, 0.25) is 0 Å². The molecule has 2 unspecified atom stereocenters. The Morgan fingerprint density at radius 1 is 1.64 bits per heavy atom. The van der Waals surface area contributed by atoms with E-state index in [9.17, 15) is 4.79 Å². The van der Waals surface area contributed by atoms with Gasteiger partial charge >= 0.3 is 0 Å². The van der Waals surface area contributed by atoms with Crippen molar-refractivity contribution in [3.63, 3.8) is 0 Å². The van der Waals surface area contributed by atoms with E-state index >= 15 is 0 Å². The van der Waals surface area contributed by atoms with Crippen molar-refractivity contribution in [1.29, 1.82) is 0 Å². The van der Waals surface area contributed by atoms with Gasteiger partial charge in [-0.1, -0.05) is 13.8 Å². The van der Waals surface area contributed by atoms with E-state index in [1.807, 2.05) is 16.7 Å². The van der Waals surface area contributed by atoms with Crippen LogP contribution in [0.25, 0.3) is 0 Å². The Morgan fingerprint density at radius 3 is 2.79 bits per heavy atom. The van der Waals surface area contributed by atoms with Crippen LogP contribution in [-0.4, -0.2) is 41.6 Å². The van der Waals surface area contributed by atoms with Gasteiger partial charge in [0.2, 0.25) is 5.91 Å². The van der Waals surface area contributed by atoms with Crippen molar-refractivity contribution < 1.29 is 4.79 Å². The second kappa shape index (κ2) is 5.61. The average molecular weight is 216 g/mol. The lowest BCUT2D eigenvalue weighted by Gasteiger charge is -2.25. The standard InChI is InChI=1S/C10H20N2OS/c1-4-8(6-14-3)12-7-11-9(5-2)10(12)13/h8-9,11H,4-7H2,1-3H3. The molecule has 0 aliphatic carbocycles. The zero-order valence-corrected chi connectivity index (χ0v) is 10.1. The lowest BCUT2D eigenvalue weighted by atomic mass is 10.2. The average Bonchev–Trinajstić information content (AvgIpc) is 2.56. The zero-order chi connectivity index (χ0) is 10.6. The van der Waals surface area contributed by atoms with Crippen LogP contribution in [0.1, 0.15) is 26.7 Å². The minimum Gasteiger partial charge on any atom is -0.325 e. The van der Waals surface area contributed by atoms with Gasteiger partial charge < -0.3 is 4.90 Å². The van der Waals surface area contributed by atoms with E-state index in [-0.39, 0.29) is 11.9 Å². The first-order valence-corrected chi connectivity index (χ1v) is 6.66. The molecular weight excluding hydrogens is 196 g/mol. The summed E-state index contributed by atoms with van der Waals surface area (Å²) < 4.78 is 0. The zero-order valence-electron chi connectivity index (χ0n) is 9.25. The number of nitrogens with zero attached hydrogens (tertiary/aromatic N) is 1. The number of rotatable bonds is 5. The summed E-state index contributed by atoms with van der Waals surface area (Å²) in [6, 6.07) is 0.465. The van der Waals surface area contributed by atoms with Crippen molar-refractivity contribution in [1.82, 2.24) is 10.2 Å². The smallest absolute Gasteiger partial charge is 0.241 e. The van der Waals surface area contributed by atoms with Gasteiger partial charge in [0, 0.05) is 11.8 Å². The summed E-state index contributed by atoms with van der Waals surface area (Å²) in [5.74, 6) is 1.33. The van der Waals surface area contributed by atoms with Crippen LogP contribution >= 0.6 is 11.8 Å². The molecule has 1 saturated heterocycles. The molecule has 1 rings (SSSR count). The molecule has 0 spiro atoms. The van der Waals surface area contributed by atoms with Crippen LogP contribution in [0.3, 0.4) is 0 Å². The van der Waals surface area contributed by atoms with Crippen LogP contribution in [0.4, 0.5) is 0 Å². The fraction of sp³-hybridized carbons (Fsp3) is 0.900. The summed E-state index contributed by atoms with van der Waals surface area (Å²) in [5.41, 5.74) is 0. The van der Waals surface area contributed by atoms with Crippen molar-refractivity contribution >= 4 is 17.7 Å². The lowest BCUT2D eigenvalue weighted by molar-refractivity contribution is -0.130. The Balaban J connectivity index is 2.55. The molecule has 0 aromatic carbocycles. The summed E-state index contributed by atoms with van der Waals surface area (Å²) in [6.45, 7) is 4.93. The number of thioether (sulfide) groups is 1. The summed E-state index contributed by atoms with van der Waals surface area (Å²) in [4.78, 5) is 13.9. The third-order valence-electron chi connectivity index (χ3n) is 2.77. The molecule has 0 aromatic heterocycles. The molecule has 1 fully saturated rings. The van der Waals surface area contributed by atoms with E-state index in [0.29, 0.717) is 6.04 Å². The molecule has 1 aliphatic rings. The van der Waals surface area contributed by atoms with Crippen molar-refractivity contribution in [2.75, 3.05) is 18.7 Å². The monoisotopic (exact) mass is 216 g/mol. The van der Waals surface area contributed by atoms with Crippen molar-refractivity contribution in [2.24, 2.45) is 0 Å². The highest BCUT2D eigenvalue weighted by Gasteiger charge is 2.33. The fourth-order valence-electron chi connectivity index (χ4n) is 1.82. The van der Waals surface area contributed by atoms with Crippen LogP contribution in [0.5, 0.6) is 0 Å². The second-order valence-electron chi connectivity index (χ2n) is 3.65. The summed E-state index contributed by atoms with van der Waals surface area (Å²) in [7, 11) is 0. The van der Waals surface area contributed by atoms with Crippen molar-refractivity contribution in [3.8, 4) is 0 Å². The maximum absolute atomic E-state index is 11.9. The number of hydrogen-bond donors (Lipinski definition) is 1. The van der Waals surface area contributed by atoms with E-state index in [2.05, 4.69) is 25.4 Å². The van der Waals surface area contributed by atoms with Crippen molar-refractivity contribution in [2.45, 2.75) is 38.8 Å². The molecule has 1 heterocycles. The molecule has 3 nitrogen and oxygen atoms in total. The van der Waals surface area contributed by atoms with E-state index in [1.54, 1.807) is 0 Å². The van der Waals surface area contributed by atoms with Gasteiger partial charge in [0.25, 0.3) is 0 Å². The van der Waals surface area contributed by atoms with Gasteiger partial charge in [0.1, 0.15) is 0 Å². The van der Waals surface area contributed by atoms with Gasteiger partial charge in [-0.25, -0.2) is 0 Å². The molecule has 1 aliphatic heterocycles. The predicted octanol–water partition coefficient (Wildman–Crippen LogP) is 1.30. The lowest BCUT2D eigenvalue weighted by Crippen LogP contribution is -2.39. The Bertz CT molecular complexity index is 199. The highest BCUT2D eigenvalue weighted by Crippen LogP contribution is 2.15.